The molecule has 5 atom stereocenters. The Labute approximate surface area is 134 Å². The highest BCUT2D eigenvalue weighted by molar-refractivity contribution is 5.94. The Morgan fingerprint density at radius 2 is 2.09 bits per heavy atom. The highest BCUT2D eigenvalue weighted by Gasteiger charge is 2.77. The molecule has 3 fully saturated rings. The van der Waals surface area contributed by atoms with Gasteiger partial charge in [0.15, 0.2) is 0 Å². The molecule has 1 saturated carbocycles. The molecule has 0 radical (unpaired) electrons. The number of nitriles is 1. The van der Waals surface area contributed by atoms with Gasteiger partial charge in [-0.25, -0.2) is 4.79 Å². The van der Waals surface area contributed by atoms with E-state index >= 15 is 0 Å². The van der Waals surface area contributed by atoms with Crippen molar-refractivity contribution in [3.05, 3.63) is 12.2 Å². The van der Waals surface area contributed by atoms with Crippen LogP contribution < -0.4 is 0 Å². The maximum Gasteiger partial charge on any atom is 0.352 e. The maximum absolute atomic E-state index is 13.0. The highest BCUT2D eigenvalue weighted by Crippen LogP contribution is 2.66. The Balaban J connectivity index is 1.67. The van der Waals surface area contributed by atoms with E-state index in [1.165, 1.54) is 0 Å². The zero-order valence-electron chi connectivity index (χ0n) is 13.4. The van der Waals surface area contributed by atoms with Crippen molar-refractivity contribution in [2.45, 2.75) is 63.4 Å². The van der Waals surface area contributed by atoms with Gasteiger partial charge in [0.25, 0.3) is 0 Å². The number of rotatable bonds is 2. The van der Waals surface area contributed by atoms with Crippen molar-refractivity contribution in [2.75, 3.05) is 0 Å². The van der Waals surface area contributed by atoms with Gasteiger partial charge in [-0.3, -0.25) is 4.79 Å². The smallest absolute Gasteiger partial charge is 0.352 e. The van der Waals surface area contributed by atoms with E-state index in [2.05, 4.69) is 6.07 Å². The molecule has 2 saturated heterocycles. The van der Waals surface area contributed by atoms with Gasteiger partial charge < -0.3 is 14.2 Å². The summed E-state index contributed by atoms with van der Waals surface area (Å²) in [6.45, 7) is 5.56. The molecule has 0 aromatic heterocycles. The fourth-order valence-corrected chi connectivity index (χ4v) is 4.48. The fraction of sp³-hybridized carbons (Fsp3) is 0.706. The lowest BCUT2D eigenvalue weighted by Crippen LogP contribution is -2.53. The molecule has 1 aliphatic carbocycles. The summed E-state index contributed by atoms with van der Waals surface area (Å²) in [7, 11) is 0. The quantitative estimate of drug-likeness (QED) is 0.568. The van der Waals surface area contributed by atoms with Gasteiger partial charge in [0, 0.05) is 11.8 Å². The third kappa shape index (κ3) is 1.43. The van der Waals surface area contributed by atoms with E-state index in [0.717, 1.165) is 0 Å². The summed E-state index contributed by atoms with van der Waals surface area (Å²) >= 11 is 0. The topological polar surface area (TPSA) is 85.6 Å². The monoisotopic (exact) mass is 317 g/mol. The van der Waals surface area contributed by atoms with E-state index in [-0.39, 0.29) is 12.1 Å². The summed E-state index contributed by atoms with van der Waals surface area (Å²) in [5.41, 5.74) is -4.01. The SMILES string of the molecule is CC1(C)[C@@]2(C(=O)O[C@@]3(C#N)C[C@H]4C=C[C@@H]3O4)CC[C@]1(C)C(=O)O2. The molecular weight excluding hydrogens is 298 g/mol. The largest absolute Gasteiger partial charge is 0.446 e. The van der Waals surface area contributed by atoms with Crippen LogP contribution in [0.1, 0.15) is 40.0 Å². The first-order valence-electron chi connectivity index (χ1n) is 7.93. The minimum atomic E-state index is -1.32. The van der Waals surface area contributed by atoms with Gasteiger partial charge in [-0.15, -0.1) is 0 Å². The van der Waals surface area contributed by atoms with E-state index < -0.39 is 34.1 Å². The molecule has 6 heteroatoms. The second kappa shape index (κ2) is 3.96. The lowest BCUT2D eigenvalue weighted by Gasteiger charge is -2.37. The van der Waals surface area contributed by atoms with Crippen LogP contribution in [0.3, 0.4) is 0 Å². The third-order valence-corrected chi connectivity index (χ3v) is 6.66. The number of hydrogen-bond acceptors (Lipinski definition) is 6. The predicted molar refractivity (Wildman–Crippen MR) is 76.8 cm³/mol. The number of esters is 2. The summed E-state index contributed by atoms with van der Waals surface area (Å²) in [5, 5.41) is 9.58. The van der Waals surface area contributed by atoms with E-state index in [9.17, 15) is 14.9 Å². The lowest BCUT2D eigenvalue weighted by atomic mass is 9.66. The Morgan fingerprint density at radius 1 is 1.35 bits per heavy atom. The van der Waals surface area contributed by atoms with Crippen LogP contribution >= 0.6 is 0 Å². The molecule has 0 N–H and O–H groups in total. The first kappa shape index (κ1) is 14.7. The number of carbonyl (C=O) groups excluding carboxylic acids is 2. The zero-order chi connectivity index (χ0) is 16.7. The summed E-state index contributed by atoms with van der Waals surface area (Å²) in [6.07, 6.45) is 4.20. The molecule has 3 heterocycles. The second-order valence-corrected chi connectivity index (χ2v) is 7.75. The molecule has 4 bridgehead atoms. The van der Waals surface area contributed by atoms with Crippen LogP contribution in [0.4, 0.5) is 0 Å². The Morgan fingerprint density at radius 3 is 2.52 bits per heavy atom. The summed E-state index contributed by atoms with van der Waals surface area (Å²) < 4.78 is 16.8. The molecule has 4 rings (SSSR count). The van der Waals surface area contributed by atoms with Crippen LogP contribution in [0.25, 0.3) is 0 Å². The van der Waals surface area contributed by atoms with Gasteiger partial charge in [0.05, 0.1) is 11.5 Å². The molecule has 0 unspecified atom stereocenters. The van der Waals surface area contributed by atoms with Gasteiger partial charge in [0.1, 0.15) is 12.2 Å². The van der Waals surface area contributed by atoms with Crippen LogP contribution in [-0.2, 0) is 23.8 Å². The number of nitrogens with zero attached hydrogens (tertiary/aromatic N) is 1. The van der Waals surface area contributed by atoms with Crippen LogP contribution in [0.15, 0.2) is 12.2 Å². The third-order valence-electron chi connectivity index (χ3n) is 6.66. The number of fused-ring (bicyclic) bond motifs is 4. The maximum atomic E-state index is 13.0. The summed E-state index contributed by atoms with van der Waals surface area (Å²) in [6, 6.07) is 2.11. The number of hydrogen-bond donors (Lipinski definition) is 0. The van der Waals surface area contributed by atoms with Gasteiger partial charge in [-0.2, -0.15) is 5.26 Å². The van der Waals surface area contributed by atoms with Crippen LogP contribution in [0, 0.1) is 22.2 Å². The van der Waals surface area contributed by atoms with E-state index in [4.69, 9.17) is 14.2 Å². The summed E-state index contributed by atoms with van der Waals surface area (Å²) in [4.78, 5) is 25.3. The van der Waals surface area contributed by atoms with Crippen molar-refractivity contribution in [1.82, 2.24) is 0 Å². The molecule has 0 aromatic carbocycles. The highest BCUT2D eigenvalue weighted by atomic mass is 16.6. The summed E-state index contributed by atoms with van der Waals surface area (Å²) in [5.74, 6) is -0.982. The average molecular weight is 317 g/mol. The van der Waals surface area contributed by atoms with Crippen LogP contribution in [0.5, 0.6) is 0 Å². The molecular formula is C17H19NO5. The molecule has 4 aliphatic rings. The molecule has 3 aliphatic heterocycles. The van der Waals surface area contributed by atoms with Crippen molar-refractivity contribution in [1.29, 1.82) is 5.26 Å². The Hall–Kier alpha value is -1.87. The molecule has 0 amide bonds. The minimum absolute atomic E-state index is 0.196. The lowest BCUT2D eigenvalue weighted by molar-refractivity contribution is -0.192. The molecule has 6 nitrogen and oxygen atoms in total. The van der Waals surface area contributed by atoms with E-state index in [0.29, 0.717) is 19.3 Å². The van der Waals surface area contributed by atoms with Crippen molar-refractivity contribution in [2.24, 2.45) is 10.8 Å². The fourth-order valence-electron chi connectivity index (χ4n) is 4.48. The van der Waals surface area contributed by atoms with Crippen molar-refractivity contribution in [3.8, 4) is 6.07 Å². The zero-order valence-corrected chi connectivity index (χ0v) is 13.4. The Kier molecular flexibility index (Phi) is 2.53. The van der Waals surface area contributed by atoms with Gasteiger partial charge in [0.2, 0.25) is 11.2 Å². The van der Waals surface area contributed by atoms with Crippen molar-refractivity contribution >= 4 is 11.9 Å². The molecule has 122 valence electrons. The first-order valence-corrected chi connectivity index (χ1v) is 7.93. The molecule has 23 heavy (non-hydrogen) atoms. The van der Waals surface area contributed by atoms with Gasteiger partial charge in [-0.1, -0.05) is 26.0 Å². The average Bonchev–Trinajstić information content (AvgIpc) is 3.18. The van der Waals surface area contributed by atoms with E-state index in [1.807, 2.05) is 26.8 Å². The number of ether oxygens (including phenoxy) is 3. The van der Waals surface area contributed by atoms with Crippen molar-refractivity contribution < 1.29 is 23.8 Å². The van der Waals surface area contributed by atoms with Crippen LogP contribution in [-0.4, -0.2) is 35.3 Å². The molecule has 0 aromatic rings. The number of carbonyl (C=O) groups is 2. The standard InChI is InChI=1S/C17H19NO5/c1-14(2)15(3)6-7-17(14,23-12(15)19)13(20)22-16(9-18)8-10-4-5-11(16)21-10/h4-5,10-11H,6-8H2,1-3H3/t10-,11+,15-,16-,17+/m1/s1. The van der Waals surface area contributed by atoms with Gasteiger partial charge >= 0.3 is 11.9 Å². The van der Waals surface area contributed by atoms with E-state index in [1.54, 1.807) is 6.08 Å². The first-order chi connectivity index (χ1) is 10.7. The molecule has 0 spiro atoms. The Bertz CT molecular complexity index is 692. The van der Waals surface area contributed by atoms with Gasteiger partial charge in [-0.05, 0) is 19.8 Å². The van der Waals surface area contributed by atoms with Crippen molar-refractivity contribution in [3.63, 3.8) is 0 Å². The normalized spacial score (nSPS) is 48.3. The minimum Gasteiger partial charge on any atom is -0.446 e. The second-order valence-electron chi connectivity index (χ2n) is 7.75. The predicted octanol–water partition coefficient (Wildman–Crippen LogP) is 1.64. The van der Waals surface area contributed by atoms with Crippen LogP contribution in [0.2, 0.25) is 0 Å².